The van der Waals surface area contributed by atoms with E-state index < -0.39 is 29.4 Å². The van der Waals surface area contributed by atoms with Gasteiger partial charge in [0.05, 0.1) is 54.1 Å². The van der Waals surface area contributed by atoms with Gasteiger partial charge >= 0.3 is 6.09 Å². The van der Waals surface area contributed by atoms with Crippen LogP contribution in [0.5, 0.6) is 0 Å². The lowest BCUT2D eigenvalue weighted by molar-refractivity contribution is 0.0636. The molecular formula is C32H33F2N7O5S. The van der Waals surface area contributed by atoms with E-state index in [-0.39, 0.29) is 69.2 Å². The average Bonchev–Trinajstić information content (AvgIpc) is 3.69. The highest BCUT2D eigenvalue weighted by Gasteiger charge is 2.38. The van der Waals surface area contributed by atoms with E-state index in [2.05, 4.69) is 25.2 Å². The van der Waals surface area contributed by atoms with Crippen LogP contribution in [0, 0.1) is 23.0 Å². The molecule has 47 heavy (non-hydrogen) atoms. The zero-order chi connectivity index (χ0) is 33.0. The first-order valence-electron chi connectivity index (χ1n) is 15.4. The molecule has 0 radical (unpaired) electrons. The Morgan fingerprint density at radius 2 is 1.96 bits per heavy atom. The molecule has 4 aromatic rings. The van der Waals surface area contributed by atoms with Crippen molar-refractivity contribution in [2.24, 2.45) is 0 Å². The first kappa shape index (κ1) is 31.5. The largest absolute Gasteiger partial charge is 0.444 e. The Bertz CT molecular complexity index is 1930. The van der Waals surface area contributed by atoms with Crippen LogP contribution in [0.1, 0.15) is 43.9 Å². The lowest BCUT2D eigenvalue weighted by Crippen LogP contribution is -2.44. The number of benzene rings is 1. The normalized spacial score (nSPS) is 20.4. The van der Waals surface area contributed by atoms with Crippen LogP contribution in [0.3, 0.4) is 0 Å². The smallest absolute Gasteiger partial charge is 0.412 e. The van der Waals surface area contributed by atoms with Crippen LogP contribution in [0.2, 0.25) is 0 Å². The number of pyridine rings is 1. The minimum atomic E-state index is -0.815. The second-order valence-corrected chi connectivity index (χ2v) is 13.8. The molecule has 6 heterocycles. The van der Waals surface area contributed by atoms with Gasteiger partial charge in [-0.1, -0.05) is 0 Å². The summed E-state index contributed by atoms with van der Waals surface area (Å²) in [5.74, 6) is -1.17. The molecule has 0 spiro atoms. The Balaban J connectivity index is 1.33. The molecule has 0 saturated carbocycles. The van der Waals surface area contributed by atoms with Crippen LogP contribution in [0.15, 0.2) is 12.4 Å². The number of amides is 1. The summed E-state index contributed by atoms with van der Waals surface area (Å²) in [6.45, 7) is 8.86. The molecular weight excluding hydrogens is 632 g/mol. The molecule has 2 saturated heterocycles. The van der Waals surface area contributed by atoms with Crippen molar-refractivity contribution in [3.63, 3.8) is 0 Å². The molecule has 2 unspecified atom stereocenters. The maximum Gasteiger partial charge on any atom is 0.412 e. The number of carbonyl (C=O) groups is 1. The topological polar surface area (TPSA) is 146 Å². The van der Waals surface area contributed by atoms with E-state index in [0.29, 0.717) is 42.8 Å². The molecule has 246 valence electrons. The number of halogens is 2. The third kappa shape index (κ3) is 5.74. The number of rotatable bonds is 4. The van der Waals surface area contributed by atoms with Gasteiger partial charge in [-0.15, -0.1) is 11.3 Å². The van der Waals surface area contributed by atoms with Crippen molar-refractivity contribution in [1.82, 2.24) is 19.9 Å². The van der Waals surface area contributed by atoms with Crippen molar-refractivity contribution in [2.75, 3.05) is 49.6 Å². The van der Waals surface area contributed by atoms with E-state index in [0.717, 1.165) is 30.5 Å². The first-order valence-corrected chi connectivity index (χ1v) is 16.2. The number of thiophene rings is 1. The fourth-order valence-corrected chi connectivity index (χ4v) is 7.58. The number of aliphatic hydroxyl groups is 1. The van der Waals surface area contributed by atoms with Crippen LogP contribution in [0.25, 0.3) is 32.2 Å². The highest BCUT2D eigenvalue weighted by Crippen LogP contribution is 2.46. The van der Waals surface area contributed by atoms with Crippen LogP contribution in [0.4, 0.5) is 24.5 Å². The summed E-state index contributed by atoms with van der Waals surface area (Å²) in [6, 6.07) is 1.90. The Labute approximate surface area is 272 Å². The van der Waals surface area contributed by atoms with Gasteiger partial charge in [0, 0.05) is 55.3 Å². The van der Waals surface area contributed by atoms with Crippen molar-refractivity contribution in [1.29, 1.82) is 5.26 Å². The van der Waals surface area contributed by atoms with Gasteiger partial charge in [-0.2, -0.15) is 5.26 Å². The number of carbonyl (C=O) groups excluding carboxylic acids is 1. The predicted molar refractivity (Wildman–Crippen MR) is 170 cm³/mol. The number of β-amino-alcohol motifs (C(OH)–C–C–N with tert-alkyl or cyclic N) is 1. The highest BCUT2D eigenvalue weighted by molar-refractivity contribution is 7.23. The van der Waals surface area contributed by atoms with E-state index in [1.807, 2.05) is 11.0 Å². The number of nitrogens with one attached hydrogen (secondary N) is 1. The summed E-state index contributed by atoms with van der Waals surface area (Å²) in [5.41, 5.74) is 0.404. The number of aliphatic hydroxyl groups excluding tert-OH is 1. The zero-order valence-corrected chi connectivity index (χ0v) is 26.9. The number of nitrogens with zero attached hydrogens (tertiary/aromatic N) is 6. The summed E-state index contributed by atoms with van der Waals surface area (Å²) in [6.07, 6.45) is 1.95. The molecule has 15 heteroatoms. The van der Waals surface area contributed by atoms with Gasteiger partial charge in [-0.3, -0.25) is 15.2 Å². The highest BCUT2D eigenvalue weighted by atomic mass is 32.1. The van der Waals surface area contributed by atoms with E-state index in [4.69, 9.17) is 14.2 Å². The molecule has 0 aliphatic carbocycles. The number of nitriles is 1. The SMILES string of the molecule is CC(C)(C)OC(=O)Nc1sc2c(F)cnc(-c3c4c(c5cnc(N6CC(O)C(N7CCCOCC7)C6)nc5c3F)COC4)c2c1C#N. The fourth-order valence-electron chi connectivity index (χ4n) is 6.54. The molecule has 2 fully saturated rings. The van der Waals surface area contributed by atoms with Gasteiger partial charge in [-0.05, 0) is 38.3 Å². The fraction of sp³-hybridized carbons (Fsp3) is 0.469. The van der Waals surface area contributed by atoms with E-state index in [9.17, 15) is 15.2 Å². The summed E-state index contributed by atoms with van der Waals surface area (Å²) in [7, 11) is 0. The summed E-state index contributed by atoms with van der Waals surface area (Å²) in [4.78, 5) is 30.2. The molecule has 3 aromatic heterocycles. The van der Waals surface area contributed by atoms with Gasteiger partial charge in [0.25, 0.3) is 0 Å². The molecule has 0 bridgehead atoms. The van der Waals surface area contributed by atoms with Crippen molar-refractivity contribution in [3.05, 3.63) is 40.7 Å². The van der Waals surface area contributed by atoms with Gasteiger partial charge in [0.2, 0.25) is 5.95 Å². The molecule has 3 aliphatic rings. The molecule has 1 aromatic carbocycles. The molecule has 2 atom stereocenters. The van der Waals surface area contributed by atoms with E-state index >= 15 is 8.78 Å². The number of ether oxygens (including phenoxy) is 3. The van der Waals surface area contributed by atoms with Crippen LogP contribution >= 0.6 is 11.3 Å². The number of aromatic nitrogens is 3. The maximum absolute atomic E-state index is 16.9. The van der Waals surface area contributed by atoms with Crippen molar-refractivity contribution < 1.29 is 32.9 Å². The van der Waals surface area contributed by atoms with Crippen molar-refractivity contribution in [3.8, 4) is 17.3 Å². The summed E-state index contributed by atoms with van der Waals surface area (Å²) >= 11 is 0.843. The Hall–Kier alpha value is -4.07. The molecule has 3 aliphatic heterocycles. The third-order valence-corrected chi connectivity index (χ3v) is 9.70. The summed E-state index contributed by atoms with van der Waals surface area (Å²) in [5, 5.41) is 24.3. The van der Waals surface area contributed by atoms with Gasteiger partial charge in [-0.25, -0.2) is 23.5 Å². The zero-order valence-electron chi connectivity index (χ0n) is 26.1. The van der Waals surface area contributed by atoms with Gasteiger partial charge < -0.3 is 24.2 Å². The van der Waals surface area contributed by atoms with E-state index in [1.165, 1.54) is 0 Å². The minimum Gasteiger partial charge on any atom is -0.444 e. The van der Waals surface area contributed by atoms with Crippen molar-refractivity contribution >= 4 is 49.4 Å². The molecule has 7 rings (SSSR count). The molecule has 12 nitrogen and oxygen atoms in total. The number of anilines is 2. The first-order chi connectivity index (χ1) is 22.5. The number of hydrogen-bond donors (Lipinski definition) is 2. The second-order valence-electron chi connectivity index (χ2n) is 12.8. The van der Waals surface area contributed by atoms with Crippen molar-refractivity contribution in [2.45, 2.75) is 58.2 Å². The standard InChI is InChI=1S/C32H33F2N7O5S/c1-32(2,3)46-31(43)39-29-16(9-35)24-27(36-11-20(33)28(24)47-29)23-19-15-45-14-18(19)17-10-37-30(38-26(17)25(23)34)41-12-21(22(42)13-41)40-5-4-7-44-8-6-40/h10-11,21-22,42H,4-8,12-15H2,1-3H3,(H,39,43). The maximum atomic E-state index is 16.9. The lowest BCUT2D eigenvalue weighted by Gasteiger charge is -2.28. The average molecular weight is 666 g/mol. The van der Waals surface area contributed by atoms with E-state index in [1.54, 1.807) is 27.0 Å². The molecule has 1 amide bonds. The number of fused-ring (bicyclic) bond motifs is 4. The summed E-state index contributed by atoms with van der Waals surface area (Å²) < 4.78 is 48.8. The third-order valence-electron chi connectivity index (χ3n) is 8.59. The minimum absolute atomic E-state index is 0.0236. The van der Waals surface area contributed by atoms with Crippen LogP contribution in [-0.2, 0) is 27.4 Å². The van der Waals surface area contributed by atoms with Gasteiger partial charge in [0.1, 0.15) is 22.2 Å². The monoisotopic (exact) mass is 665 g/mol. The number of hydrogen-bond acceptors (Lipinski definition) is 12. The Morgan fingerprint density at radius 3 is 2.74 bits per heavy atom. The van der Waals surface area contributed by atoms with Crippen LogP contribution < -0.4 is 10.2 Å². The second kappa shape index (κ2) is 12.2. The lowest BCUT2D eigenvalue weighted by atomic mass is 9.94. The predicted octanol–water partition coefficient (Wildman–Crippen LogP) is 4.71. The van der Waals surface area contributed by atoms with Crippen LogP contribution in [-0.4, -0.2) is 88.2 Å². The quantitative estimate of drug-likeness (QED) is 0.313. The Morgan fingerprint density at radius 1 is 1.15 bits per heavy atom. The molecule has 2 N–H and O–H groups in total. The Kier molecular flexibility index (Phi) is 8.17. The van der Waals surface area contributed by atoms with Gasteiger partial charge in [0.15, 0.2) is 11.6 Å².